The van der Waals surface area contributed by atoms with Gasteiger partial charge in [-0.3, -0.25) is 0 Å². The second kappa shape index (κ2) is 7.35. The zero-order valence-corrected chi connectivity index (χ0v) is 19.4. The maximum Gasteiger partial charge on any atom is 0.338 e. The molecule has 0 atom stereocenters. The molecular formula is C28H23BrO2. The van der Waals surface area contributed by atoms with E-state index in [0.29, 0.717) is 12.2 Å². The topological polar surface area (TPSA) is 26.3 Å². The highest BCUT2D eigenvalue weighted by Gasteiger charge is 2.36. The maximum absolute atomic E-state index is 12.8. The quantitative estimate of drug-likeness (QED) is 0.286. The van der Waals surface area contributed by atoms with Crippen molar-refractivity contribution >= 4 is 32.7 Å². The Bertz CT molecular complexity index is 1350. The fraction of sp³-hybridized carbons (Fsp3) is 0.179. The Morgan fingerprint density at radius 3 is 2.39 bits per heavy atom. The van der Waals surface area contributed by atoms with E-state index in [1.165, 1.54) is 22.3 Å². The smallest absolute Gasteiger partial charge is 0.338 e. The second-order valence-electron chi connectivity index (χ2n) is 8.50. The number of rotatable bonds is 3. The summed E-state index contributed by atoms with van der Waals surface area (Å²) < 4.78 is 6.48. The summed E-state index contributed by atoms with van der Waals surface area (Å²) in [6.45, 7) is 6.73. The Morgan fingerprint density at radius 1 is 0.903 bits per heavy atom. The first kappa shape index (κ1) is 20.0. The minimum Gasteiger partial charge on any atom is -0.462 e. The summed E-state index contributed by atoms with van der Waals surface area (Å²) in [7, 11) is 0. The number of esters is 1. The SMILES string of the molecule is CCOC(=O)c1ccc2ccccc2c1-c1ccc2c(c1)C(C)(C)c1cc(Br)ccc1-2. The summed E-state index contributed by atoms with van der Waals surface area (Å²) in [5, 5.41) is 2.17. The molecule has 0 heterocycles. The molecule has 5 rings (SSSR count). The van der Waals surface area contributed by atoms with E-state index in [0.717, 1.165) is 26.4 Å². The number of halogens is 1. The zero-order chi connectivity index (χ0) is 21.8. The van der Waals surface area contributed by atoms with Crippen LogP contribution in [0.25, 0.3) is 33.0 Å². The van der Waals surface area contributed by atoms with E-state index in [4.69, 9.17) is 4.74 Å². The molecule has 4 aromatic rings. The predicted molar refractivity (Wildman–Crippen MR) is 131 cm³/mol. The third kappa shape index (κ3) is 3.11. The molecule has 1 aliphatic rings. The van der Waals surface area contributed by atoms with Crippen molar-refractivity contribution in [3.05, 3.63) is 94.0 Å². The van der Waals surface area contributed by atoms with E-state index in [2.05, 4.69) is 78.3 Å². The Labute approximate surface area is 191 Å². The van der Waals surface area contributed by atoms with Crippen LogP contribution in [0.2, 0.25) is 0 Å². The maximum atomic E-state index is 12.8. The van der Waals surface area contributed by atoms with Gasteiger partial charge in [-0.15, -0.1) is 0 Å². The third-order valence-corrected chi connectivity index (χ3v) is 6.84. The predicted octanol–water partition coefficient (Wildman–Crippen LogP) is 7.75. The van der Waals surface area contributed by atoms with E-state index in [9.17, 15) is 4.79 Å². The van der Waals surface area contributed by atoms with Crippen LogP contribution in [0.4, 0.5) is 0 Å². The number of fused-ring (bicyclic) bond motifs is 4. The van der Waals surface area contributed by atoms with Crippen LogP contribution in [0.15, 0.2) is 77.3 Å². The fourth-order valence-corrected chi connectivity index (χ4v) is 5.19. The fourth-order valence-electron chi connectivity index (χ4n) is 4.83. The van der Waals surface area contributed by atoms with Gasteiger partial charge in [-0.05, 0) is 69.8 Å². The number of carbonyl (C=O) groups excluding carboxylic acids is 1. The normalized spacial score (nSPS) is 13.7. The molecular weight excluding hydrogens is 448 g/mol. The first-order valence-corrected chi connectivity index (χ1v) is 11.4. The number of hydrogen-bond acceptors (Lipinski definition) is 2. The number of hydrogen-bond donors (Lipinski definition) is 0. The first-order valence-electron chi connectivity index (χ1n) is 10.6. The van der Waals surface area contributed by atoms with Gasteiger partial charge < -0.3 is 4.74 Å². The molecule has 0 fully saturated rings. The molecule has 0 aromatic heterocycles. The van der Waals surface area contributed by atoms with Crippen molar-refractivity contribution in [2.45, 2.75) is 26.2 Å². The average Bonchev–Trinajstić information content (AvgIpc) is 2.99. The Kier molecular flexibility index (Phi) is 4.75. The molecule has 3 heteroatoms. The Balaban J connectivity index is 1.77. The number of benzene rings is 4. The average molecular weight is 471 g/mol. The highest BCUT2D eigenvalue weighted by molar-refractivity contribution is 9.10. The Morgan fingerprint density at radius 2 is 1.61 bits per heavy atom. The molecule has 4 aromatic carbocycles. The first-order chi connectivity index (χ1) is 14.9. The minimum atomic E-state index is -0.282. The summed E-state index contributed by atoms with van der Waals surface area (Å²) in [6, 6.07) is 25.2. The highest BCUT2D eigenvalue weighted by Crippen LogP contribution is 2.50. The third-order valence-electron chi connectivity index (χ3n) is 6.35. The van der Waals surface area contributed by atoms with Crippen molar-refractivity contribution in [3.63, 3.8) is 0 Å². The number of ether oxygens (including phenoxy) is 1. The van der Waals surface area contributed by atoms with Gasteiger partial charge in [0.25, 0.3) is 0 Å². The minimum absolute atomic E-state index is 0.126. The summed E-state index contributed by atoms with van der Waals surface area (Å²) in [4.78, 5) is 12.8. The summed E-state index contributed by atoms with van der Waals surface area (Å²) in [5.74, 6) is -0.282. The van der Waals surface area contributed by atoms with Crippen LogP contribution in [0.3, 0.4) is 0 Å². The van der Waals surface area contributed by atoms with Crippen molar-refractivity contribution in [3.8, 4) is 22.3 Å². The van der Waals surface area contributed by atoms with Crippen LogP contribution in [0.5, 0.6) is 0 Å². The van der Waals surface area contributed by atoms with Crippen molar-refractivity contribution in [2.24, 2.45) is 0 Å². The van der Waals surface area contributed by atoms with Crippen LogP contribution in [-0.2, 0) is 10.2 Å². The van der Waals surface area contributed by atoms with Crippen molar-refractivity contribution < 1.29 is 9.53 Å². The van der Waals surface area contributed by atoms with Crippen molar-refractivity contribution in [1.82, 2.24) is 0 Å². The van der Waals surface area contributed by atoms with E-state index < -0.39 is 0 Å². The summed E-state index contributed by atoms with van der Waals surface area (Å²) in [5.41, 5.74) is 7.59. The molecule has 1 aliphatic carbocycles. The molecule has 0 spiro atoms. The van der Waals surface area contributed by atoms with Gasteiger partial charge in [0.15, 0.2) is 0 Å². The van der Waals surface area contributed by atoms with Gasteiger partial charge in [-0.2, -0.15) is 0 Å². The van der Waals surface area contributed by atoms with Crippen LogP contribution in [0.1, 0.15) is 42.3 Å². The highest BCUT2D eigenvalue weighted by atomic mass is 79.9. The molecule has 0 bridgehead atoms. The van der Waals surface area contributed by atoms with Crippen LogP contribution >= 0.6 is 15.9 Å². The molecule has 0 radical (unpaired) electrons. The monoisotopic (exact) mass is 470 g/mol. The summed E-state index contributed by atoms with van der Waals surface area (Å²) >= 11 is 3.63. The van der Waals surface area contributed by atoms with Gasteiger partial charge in [0.2, 0.25) is 0 Å². The lowest BCUT2D eigenvalue weighted by Gasteiger charge is -2.22. The summed E-state index contributed by atoms with van der Waals surface area (Å²) in [6.07, 6.45) is 0. The molecule has 0 amide bonds. The zero-order valence-electron chi connectivity index (χ0n) is 17.8. The van der Waals surface area contributed by atoms with Crippen LogP contribution in [-0.4, -0.2) is 12.6 Å². The van der Waals surface area contributed by atoms with E-state index in [1.807, 2.05) is 31.2 Å². The van der Waals surface area contributed by atoms with Gasteiger partial charge in [-0.25, -0.2) is 4.79 Å². The van der Waals surface area contributed by atoms with Gasteiger partial charge >= 0.3 is 5.97 Å². The van der Waals surface area contributed by atoms with Crippen molar-refractivity contribution in [1.29, 1.82) is 0 Å². The lowest BCUT2D eigenvalue weighted by atomic mass is 9.81. The van der Waals surface area contributed by atoms with Crippen molar-refractivity contribution in [2.75, 3.05) is 6.61 Å². The van der Waals surface area contributed by atoms with E-state index in [-0.39, 0.29) is 11.4 Å². The molecule has 0 N–H and O–H groups in total. The molecule has 31 heavy (non-hydrogen) atoms. The molecule has 0 aliphatic heterocycles. The molecule has 2 nitrogen and oxygen atoms in total. The van der Waals surface area contributed by atoms with E-state index in [1.54, 1.807) is 0 Å². The molecule has 0 saturated carbocycles. The Hall–Kier alpha value is -2.91. The molecule has 154 valence electrons. The molecule has 0 unspecified atom stereocenters. The number of carbonyl (C=O) groups is 1. The lowest BCUT2D eigenvalue weighted by Crippen LogP contribution is -2.15. The van der Waals surface area contributed by atoms with Crippen LogP contribution < -0.4 is 0 Å². The van der Waals surface area contributed by atoms with Gasteiger partial charge in [0.1, 0.15) is 0 Å². The standard InChI is InChI=1S/C28H23BrO2/c1-4-31-27(30)23-13-9-17-7-5-6-8-20(17)26(23)18-10-12-21-22-14-11-19(29)16-25(22)28(2,3)24(21)15-18/h5-16H,4H2,1-3H3. The van der Waals surface area contributed by atoms with Gasteiger partial charge in [0, 0.05) is 15.5 Å². The van der Waals surface area contributed by atoms with Crippen LogP contribution in [0, 0.1) is 0 Å². The molecule has 0 saturated heterocycles. The largest absolute Gasteiger partial charge is 0.462 e. The lowest BCUT2D eigenvalue weighted by molar-refractivity contribution is 0.0527. The second-order valence-corrected chi connectivity index (χ2v) is 9.42. The van der Waals surface area contributed by atoms with Gasteiger partial charge in [0.05, 0.1) is 12.2 Å². The van der Waals surface area contributed by atoms with Gasteiger partial charge in [-0.1, -0.05) is 78.3 Å². The van der Waals surface area contributed by atoms with E-state index >= 15 is 0 Å².